The van der Waals surface area contributed by atoms with Gasteiger partial charge in [-0.1, -0.05) is 25.5 Å². The monoisotopic (exact) mass is 277 g/mol. The summed E-state index contributed by atoms with van der Waals surface area (Å²) in [6, 6.07) is 6.68. The lowest BCUT2D eigenvalue weighted by atomic mass is 9.79. The van der Waals surface area contributed by atoms with Crippen molar-refractivity contribution >= 4 is 5.78 Å². The molecule has 0 aromatic heterocycles. The summed E-state index contributed by atoms with van der Waals surface area (Å²) >= 11 is 0. The minimum atomic E-state index is -0.198. The molecule has 0 radical (unpaired) electrons. The Balaban J connectivity index is 1.90. The summed E-state index contributed by atoms with van der Waals surface area (Å²) in [6.07, 6.45) is 3.97. The van der Waals surface area contributed by atoms with Gasteiger partial charge in [-0.25, -0.2) is 4.39 Å². The normalized spacial score (nSPS) is 23.3. The van der Waals surface area contributed by atoms with E-state index in [2.05, 4.69) is 11.8 Å². The van der Waals surface area contributed by atoms with E-state index in [9.17, 15) is 9.18 Å². The van der Waals surface area contributed by atoms with Gasteiger partial charge >= 0.3 is 0 Å². The lowest BCUT2D eigenvalue weighted by molar-refractivity contribution is -0.126. The molecule has 3 heteroatoms. The Morgan fingerprint density at radius 2 is 2.20 bits per heavy atom. The molecule has 110 valence electrons. The smallest absolute Gasteiger partial charge is 0.137 e. The first-order valence-electron chi connectivity index (χ1n) is 7.54. The second-order valence-corrected chi connectivity index (χ2v) is 6.04. The van der Waals surface area contributed by atoms with Gasteiger partial charge in [-0.2, -0.15) is 0 Å². The maximum Gasteiger partial charge on any atom is 0.137 e. The SMILES string of the molecule is CCC1CCC(=O)C(CN(C)Cc2cccc(F)c2)C1. The van der Waals surface area contributed by atoms with Gasteiger partial charge in [0.2, 0.25) is 0 Å². The van der Waals surface area contributed by atoms with Crippen LogP contribution in [0.3, 0.4) is 0 Å². The summed E-state index contributed by atoms with van der Waals surface area (Å²) < 4.78 is 13.2. The van der Waals surface area contributed by atoms with Crippen LogP contribution in [0.4, 0.5) is 4.39 Å². The summed E-state index contributed by atoms with van der Waals surface area (Å²) in [5, 5.41) is 0. The number of hydrogen-bond acceptors (Lipinski definition) is 2. The number of carbonyl (C=O) groups excluding carboxylic acids is 1. The Labute approximate surface area is 121 Å². The highest BCUT2D eigenvalue weighted by atomic mass is 19.1. The number of halogens is 1. The number of hydrogen-bond donors (Lipinski definition) is 0. The van der Waals surface area contributed by atoms with Gasteiger partial charge in [0.15, 0.2) is 0 Å². The Bertz CT molecular complexity index is 460. The zero-order chi connectivity index (χ0) is 14.5. The van der Waals surface area contributed by atoms with Crippen LogP contribution in [0.2, 0.25) is 0 Å². The van der Waals surface area contributed by atoms with Crippen LogP contribution >= 0.6 is 0 Å². The quantitative estimate of drug-likeness (QED) is 0.818. The molecule has 1 aromatic carbocycles. The van der Waals surface area contributed by atoms with Gasteiger partial charge in [-0.3, -0.25) is 4.79 Å². The number of rotatable bonds is 5. The van der Waals surface area contributed by atoms with Crippen LogP contribution in [0.5, 0.6) is 0 Å². The molecule has 0 bridgehead atoms. The van der Waals surface area contributed by atoms with Crippen molar-refractivity contribution in [2.45, 2.75) is 39.2 Å². The van der Waals surface area contributed by atoms with Crippen molar-refractivity contribution < 1.29 is 9.18 Å². The zero-order valence-corrected chi connectivity index (χ0v) is 12.4. The van der Waals surface area contributed by atoms with Gasteiger partial charge in [-0.05, 0) is 43.5 Å². The third-order valence-electron chi connectivity index (χ3n) is 4.32. The molecular formula is C17H24FNO. The molecule has 2 unspecified atom stereocenters. The van der Waals surface area contributed by atoms with Crippen molar-refractivity contribution in [3.8, 4) is 0 Å². The van der Waals surface area contributed by atoms with Crippen LogP contribution in [0.25, 0.3) is 0 Å². The fraction of sp³-hybridized carbons (Fsp3) is 0.588. The molecule has 1 aliphatic rings. The Kier molecular flexibility index (Phi) is 5.30. The van der Waals surface area contributed by atoms with E-state index in [0.717, 1.165) is 37.8 Å². The maximum atomic E-state index is 13.2. The first kappa shape index (κ1) is 15.2. The molecule has 0 amide bonds. The predicted molar refractivity (Wildman–Crippen MR) is 78.9 cm³/mol. The molecule has 1 fully saturated rings. The molecule has 2 atom stereocenters. The van der Waals surface area contributed by atoms with Gasteiger partial charge in [0.05, 0.1) is 0 Å². The highest BCUT2D eigenvalue weighted by Gasteiger charge is 2.28. The minimum absolute atomic E-state index is 0.159. The van der Waals surface area contributed by atoms with Crippen molar-refractivity contribution in [1.29, 1.82) is 0 Å². The van der Waals surface area contributed by atoms with Gasteiger partial charge < -0.3 is 4.90 Å². The van der Waals surface area contributed by atoms with E-state index in [1.54, 1.807) is 12.1 Å². The number of Topliss-reactive ketones (excluding diaryl/α,β-unsaturated/α-hetero) is 1. The fourth-order valence-electron chi connectivity index (χ4n) is 3.14. The molecule has 20 heavy (non-hydrogen) atoms. The van der Waals surface area contributed by atoms with Crippen LogP contribution in [-0.2, 0) is 11.3 Å². The van der Waals surface area contributed by atoms with E-state index < -0.39 is 0 Å². The van der Waals surface area contributed by atoms with Crippen molar-refractivity contribution in [1.82, 2.24) is 4.90 Å². The summed E-state index contributed by atoms with van der Waals surface area (Å²) in [6.45, 7) is 3.68. The van der Waals surface area contributed by atoms with Gasteiger partial charge in [0.1, 0.15) is 11.6 Å². The lowest BCUT2D eigenvalue weighted by Gasteiger charge is -2.30. The van der Waals surface area contributed by atoms with E-state index in [-0.39, 0.29) is 11.7 Å². The predicted octanol–water partition coefficient (Wildman–Crippen LogP) is 3.65. The molecule has 0 aliphatic heterocycles. The summed E-state index contributed by atoms with van der Waals surface area (Å²) in [5.74, 6) is 1.06. The Morgan fingerprint density at radius 3 is 2.90 bits per heavy atom. The van der Waals surface area contributed by atoms with Crippen LogP contribution < -0.4 is 0 Å². The molecular weight excluding hydrogens is 253 g/mol. The summed E-state index contributed by atoms with van der Waals surface area (Å²) in [4.78, 5) is 14.1. The second kappa shape index (κ2) is 6.98. The third kappa shape index (κ3) is 4.14. The summed E-state index contributed by atoms with van der Waals surface area (Å²) in [5.41, 5.74) is 0.961. The van der Waals surface area contributed by atoms with E-state index in [4.69, 9.17) is 0 Å². The van der Waals surface area contributed by atoms with E-state index in [1.807, 2.05) is 13.1 Å². The van der Waals surface area contributed by atoms with Crippen molar-refractivity contribution in [3.63, 3.8) is 0 Å². The number of benzene rings is 1. The van der Waals surface area contributed by atoms with E-state index in [0.29, 0.717) is 18.2 Å². The highest BCUT2D eigenvalue weighted by molar-refractivity contribution is 5.81. The number of carbonyl (C=O) groups is 1. The third-order valence-corrected chi connectivity index (χ3v) is 4.32. The maximum absolute atomic E-state index is 13.2. The topological polar surface area (TPSA) is 20.3 Å². The molecule has 0 N–H and O–H groups in total. The zero-order valence-electron chi connectivity index (χ0n) is 12.4. The molecule has 2 nitrogen and oxygen atoms in total. The molecule has 1 aliphatic carbocycles. The van der Waals surface area contributed by atoms with Gasteiger partial charge in [-0.15, -0.1) is 0 Å². The molecule has 1 aromatic rings. The van der Waals surface area contributed by atoms with Crippen molar-refractivity contribution in [2.75, 3.05) is 13.6 Å². The van der Waals surface area contributed by atoms with Gasteiger partial charge in [0, 0.05) is 25.4 Å². The fourth-order valence-corrected chi connectivity index (χ4v) is 3.14. The van der Waals surface area contributed by atoms with Crippen LogP contribution in [0.1, 0.15) is 38.2 Å². The van der Waals surface area contributed by atoms with Crippen LogP contribution in [0, 0.1) is 17.7 Å². The Hall–Kier alpha value is -1.22. The Morgan fingerprint density at radius 1 is 1.40 bits per heavy atom. The van der Waals surface area contributed by atoms with Crippen molar-refractivity contribution in [2.24, 2.45) is 11.8 Å². The lowest BCUT2D eigenvalue weighted by Crippen LogP contribution is -2.34. The molecule has 2 rings (SSSR count). The number of ketones is 1. The average molecular weight is 277 g/mol. The molecule has 0 saturated heterocycles. The number of nitrogens with zero attached hydrogens (tertiary/aromatic N) is 1. The van der Waals surface area contributed by atoms with E-state index >= 15 is 0 Å². The summed E-state index contributed by atoms with van der Waals surface area (Å²) in [7, 11) is 2.01. The van der Waals surface area contributed by atoms with Crippen LogP contribution in [0.15, 0.2) is 24.3 Å². The average Bonchev–Trinajstić information content (AvgIpc) is 2.41. The highest BCUT2D eigenvalue weighted by Crippen LogP contribution is 2.29. The standard InChI is InChI=1S/C17H24FNO/c1-3-13-7-8-17(20)15(9-13)12-19(2)11-14-5-4-6-16(18)10-14/h4-6,10,13,15H,3,7-9,11-12H2,1-2H3. The van der Waals surface area contributed by atoms with Gasteiger partial charge in [0.25, 0.3) is 0 Å². The van der Waals surface area contributed by atoms with Crippen LogP contribution in [-0.4, -0.2) is 24.3 Å². The first-order chi connectivity index (χ1) is 9.58. The first-order valence-corrected chi connectivity index (χ1v) is 7.54. The molecule has 0 spiro atoms. The second-order valence-electron chi connectivity index (χ2n) is 6.04. The van der Waals surface area contributed by atoms with Crippen molar-refractivity contribution in [3.05, 3.63) is 35.6 Å². The molecule has 1 saturated carbocycles. The largest absolute Gasteiger partial charge is 0.301 e. The van der Waals surface area contributed by atoms with E-state index in [1.165, 1.54) is 6.07 Å². The minimum Gasteiger partial charge on any atom is -0.301 e. The molecule has 0 heterocycles.